The first-order chi connectivity index (χ1) is 16.6. The lowest BCUT2D eigenvalue weighted by Crippen LogP contribution is -2.45. The number of anilines is 1. The number of carboxylic acid groups (broad SMARTS) is 1. The molecule has 2 aromatic rings. The van der Waals surface area contributed by atoms with Crippen LogP contribution in [0, 0.1) is 5.92 Å². The molecule has 0 radical (unpaired) electrons. The predicted molar refractivity (Wildman–Crippen MR) is 138 cm³/mol. The maximum Gasteiger partial charge on any atom is 0.347 e. The zero-order chi connectivity index (χ0) is 25.2. The maximum atomic E-state index is 13.7. The summed E-state index contributed by atoms with van der Waals surface area (Å²) in [5.74, 6) is 0.222. The lowest BCUT2D eigenvalue weighted by atomic mass is 9.95. The summed E-state index contributed by atoms with van der Waals surface area (Å²) < 4.78 is 5.74. The second-order valence-electron chi connectivity index (χ2n) is 10.8. The fraction of sp³-hybridized carbons (Fsp3) is 0.517. The Morgan fingerprint density at radius 1 is 1.11 bits per heavy atom. The van der Waals surface area contributed by atoms with Gasteiger partial charge in [-0.05, 0) is 68.7 Å². The molecular weight excluding hydrogens is 440 g/mol. The smallest absolute Gasteiger partial charge is 0.347 e. The van der Waals surface area contributed by atoms with E-state index in [1.165, 1.54) is 11.1 Å². The third kappa shape index (κ3) is 6.16. The number of rotatable bonds is 9. The van der Waals surface area contributed by atoms with Gasteiger partial charge < -0.3 is 19.6 Å². The summed E-state index contributed by atoms with van der Waals surface area (Å²) in [6.45, 7) is 9.68. The van der Waals surface area contributed by atoms with Crippen molar-refractivity contribution in [1.29, 1.82) is 0 Å². The minimum absolute atomic E-state index is 0.0423. The fourth-order valence-corrected chi connectivity index (χ4v) is 4.71. The Kier molecular flexibility index (Phi) is 7.39. The number of carbonyl (C=O) groups excluding carboxylic acids is 1. The van der Waals surface area contributed by atoms with Gasteiger partial charge in [0.25, 0.3) is 0 Å². The molecule has 1 aliphatic carbocycles. The molecule has 0 aromatic heterocycles. The zero-order valence-electron chi connectivity index (χ0n) is 21.4. The van der Waals surface area contributed by atoms with Crippen molar-refractivity contribution in [3.63, 3.8) is 0 Å². The number of ether oxygens (including phenoxy) is 1. The highest BCUT2D eigenvalue weighted by Crippen LogP contribution is 2.33. The van der Waals surface area contributed by atoms with Crippen molar-refractivity contribution in [1.82, 2.24) is 4.90 Å². The normalized spacial score (nSPS) is 18.4. The van der Waals surface area contributed by atoms with Crippen LogP contribution in [0.1, 0.15) is 70.4 Å². The van der Waals surface area contributed by atoms with Gasteiger partial charge in [0, 0.05) is 37.4 Å². The molecule has 188 valence electrons. The highest BCUT2D eigenvalue weighted by atomic mass is 16.5. The third-order valence-corrected chi connectivity index (χ3v) is 7.11. The van der Waals surface area contributed by atoms with Crippen molar-refractivity contribution >= 4 is 17.6 Å². The van der Waals surface area contributed by atoms with Crippen LogP contribution in [0.15, 0.2) is 48.5 Å². The van der Waals surface area contributed by atoms with Crippen LogP contribution in [0.2, 0.25) is 0 Å². The number of amides is 1. The van der Waals surface area contributed by atoms with Gasteiger partial charge >= 0.3 is 5.97 Å². The lowest BCUT2D eigenvalue weighted by Gasteiger charge is -2.36. The Labute approximate surface area is 208 Å². The number of benzene rings is 2. The van der Waals surface area contributed by atoms with Gasteiger partial charge in [-0.25, -0.2) is 4.79 Å². The molecule has 1 amide bonds. The number of piperidine rings is 1. The van der Waals surface area contributed by atoms with Crippen LogP contribution in [0.3, 0.4) is 0 Å². The third-order valence-electron chi connectivity index (χ3n) is 7.11. The summed E-state index contributed by atoms with van der Waals surface area (Å²) in [6, 6.07) is 16.6. The number of aliphatic carboxylic acids is 1. The van der Waals surface area contributed by atoms with Crippen molar-refractivity contribution < 1.29 is 19.4 Å². The van der Waals surface area contributed by atoms with Crippen molar-refractivity contribution in [3.8, 4) is 5.75 Å². The van der Waals surface area contributed by atoms with E-state index < -0.39 is 11.6 Å². The zero-order valence-corrected chi connectivity index (χ0v) is 21.4. The minimum atomic E-state index is -1.31. The van der Waals surface area contributed by atoms with Gasteiger partial charge in [-0.2, -0.15) is 0 Å². The quantitative estimate of drug-likeness (QED) is 0.518. The maximum absolute atomic E-state index is 13.7. The van der Waals surface area contributed by atoms with Crippen molar-refractivity contribution in [2.24, 2.45) is 5.92 Å². The minimum Gasteiger partial charge on any atom is -0.478 e. The molecule has 2 aliphatic rings. The second-order valence-corrected chi connectivity index (χ2v) is 10.8. The van der Waals surface area contributed by atoms with Crippen LogP contribution in [0.25, 0.3) is 0 Å². The average Bonchev–Trinajstić information content (AvgIpc) is 3.68. The van der Waals surface area contributed by atoms with E-state index in [0.717, 1.165) is 37.9 Å². The van der Waals surface area contributed by atoms with E-state index in [0.29, 0.717) is 30.8 Å². The van der Waals surface area contributed by atoms with Crippen LogP contribution in [0.4, 0.5) is 5.69 Å². The molecule has 6 heteroatoms. The fourth-order valence-electron chi connectivity index (χ4n) is 4.71. The Hall–Kier alpha value is -3.02. The van der Waals surface area contributed by atoms with Gasteiger partial charge in [-0.1, -0.05) is 44.2 Å². The highest BCUT2D eigenvalue weighted by molar-refractivity contribution is 5.80. The first kappa shape index (κ1) is 25.1. The molecule has 1 unspecified atom stereocenters. The molecule has 6 nitrogen and oxygen atoms in total. The van der Waals surface area contributed by atoms with Crippen LogP contribution in [-0.2, 0) is 16.1 Å². The summed E-state index contributed by atoms with van der Waals surface area (Å²) in [7, 11) is 0. The second kappa shape index (κ2) is 10.3. The number of carbonyl (C=O) groups is 2. The highest BCUT2D eigenvalue weighted by Gasteiger charge is 2.37. The van der Waals surface area contributed by atoms with Gasteiger partial charge in [-0.3, -0.25) is 4.79 Å². The Balaban J connectivity index is 1.44. The number of nitrogens with zero attached hydrogens (tertiary/aromatic N) is 2. The van der Waals surface area contributed by atoms with Gasteiger partial charge in [0.05, 0.1) is 5.92 Å². The Bertz CT molecular complexity index is 1040. The molecule has 1 N–H and O–H groups in total. The molecule has 0 bridgehead atoms. The van der Waals surface area contributed by atoms with Crippen molar-refractivity contribution in [2.75, 3.05) is 18.0 Å². The Morgan fingerprint density at radius 2 is 1.83 bits per heavy atom. The molecule has 0 spiro atoms. The van der Waals surface area contributed by atoms with Gasteiger partial charge in [-0.15, -0.1) is 0 Å². The Morgan fingerprint density at radius 3 is 2.46 bits per heavy atom. The lowest BCUT2D eigenvalue weighted by molar-refractivity contribution is -0.152. The molecule has 1 saturated heterocycles. The van der Waals surface area contributed by atoms with Crippen LogP contribution in [0.5, 0.6) is 5.75 Å². The van der Waals surface area contributed by atoms with E-state index in [-0.39, 0.29) is 11.8 Å². The van der Waals surface area contributed by atoms with Gasteiger partial charge in [0.15, 0.2) is 5.60 Å². The van der Waals surface area contributed by atoms with E-state index in [1.807, 2.05) is 18.2 Å². The van der Waals surface area contributed by atoms with E-state index in [4.69, 9.17) is 4.74 Å². The summed E-state index contributed by atoms with van der Waals surface area (Å²) in [5, 5.41) is 9.38. The van der Waals surface area contributed by atoms with Crippen LogP contribution < -0.4 is 9.64 Å². The molecule has 1 atom stereocenters. The van der Waals surface area contributed by atoms with Crippen LogP contribution >= 0.6 is 0 Å². The van der Waals surface area contributed by atoms with E-state index >= 15 is 0 Å². The SMILES string of the molecule is CC(C)c1ccc(CN(C(=O)C2CCCN(c3cccc(OC(C)(C)C(=O)O)c3)C2)C2CC2)cc1. The average molecular weight is 479 g/mol. The molecule has 1 saturated carbocycles. The van der Waals surface area contributed by atoms with Crippen molar-refractivity contribution in [2.45, 2.75) is 77.5 Å². The summed E-state index contributed by atoms with van der Waals surface area (Å²) in [4.78, 5) is 29.5. The van der Waals surface area contributed by atoms with E-state index in [2.05, 4.69) is 47.9 Å². The van der Waals surface area contributed by atoms with Crippen LogP contribution in [-0.4, -0.2) is 46.6 Å². The monoisotopic (exact) mass is 478 g/mol. The largest absolute Gasteiger partial charge is 0.478 e. The molecule has 2 fully saturated rings. The summed E-state index contributed by atoms with van der Waals surface area (Å²) in [5.41, 5.74) is 2.16. The topological polar surface area (TPSA) is 70.1 Å². The van der Waals surface area contributed by atoms with Crippen molar-refractivity contribution in [3.05, 3.63) is 59.7 Å². The number of hydrogen-bond acceptors (Lipinski definition) is 4. The standard InChI is InChI=1S/C29H38N2O4/c1-20(2)22-12-10-21(11-13-22)18-31(24-14-15-24)27(32)23-7-6-16-30(19-23)25-8-5-9-26(17-25)35-29(3,4)28(33)34/h5,8-13,17,20,23-24H,6-7,14-16,18-19H2,1-4H3,(H,33,34). The molecular formula is C29H38N2O4. The molecule has 2 aromatic carbocycles. The predicted octanol–water partition coefficient (Wildman–Crippen LogP) is 5.46. The van der Waals surface area contributed by atoms with E-state index in [9.17, 15) is 14.7 Å². The van der Waals surface area contributed by atoms with Gasteiger partial charge in [0.1, 0.15) is 5.75 Å². The van der Waals surface area contributed by atoms with Gasteiger partial charge in [0.2, 0.25) is 5.91 Å². The molecule has 35 heavy (non-hydrogen) atoms. The summed E-state index contributed by atoms with van der Waals surface area (Å²) in [6.07, 6.45) is 4.02. The number of carboxylic acids is 1. The van der Waals surface area contributed by atoms with E-state index in [1.54, 1.807) is 19.9 Å². The first-order valence-corrected chi connectivity index (χ1v) is 12.8. The molecule has 1 aliphatic heterocycles. The molecule has 1 heterocycles. The summed E-state index contributed by atoms with van der Waals surface area (Å²) >= 11 is 0. The molecule has 4 rings (SSSR count). The number of hydrogen-bond donors (Lipinski definition) is 1. The first-order valence-electron chi connectivity index (χ1n) is 12.8.